The van der Waals surface area contributed by atoms with Gasteiger partial charge in [0, 0.05) is 26.7 Å². The molecule has 1 aromatic carbocycles. The molecular weight excluding hydrogens is 441 g/mol. The standard InChI is InChI=1S/C20H29N3O2.HI/c1-21-19(22-13-20(7-8-20)16-4-5-16)23-9-6-14-10-17(24-2)18(25-3)11-15(14)12-23;/h10-11,16H,4-9,12-13H2,1-3H3,(H,21,22);1H. The van der Waals surface area contributed by atoms with Gasteiger partial charge in [0.05, 0.1) is 14.2 Å². The molecule has 0 aromatic heterocycles. The highest BCUT2D eigenvalue weighted by Gasteiger charge is 2.53. The Morgan fingerprint density at radius 3 is 2.38 bits per heavy atom. The molecule has 2 saturated carbocycles. The van der Waals surface area contributed by atoms with Gasteiger partial charge in [0.1, 0.15) is 0 Å². The van der Waals surface area contributed by atoms with Crippen LogP contribution in [0.4, 0.5) is 0 Å². The van der Waals surface area contributed by atoms with Crippen LogP contribution in [0.3, 0.4) is 0 Å². The summed E-state index contributed by atoms with van der Waals surface area (Å²) in [6.45, 7) is 2.93. The van der Waals surface area contributed by atoms with Crippen LogP contribution in [0, 0.1) is 11.3 Å². The first-order chi connectivity index (χ1) is 12.2. The number of benzene rings is 1. The monoisotopic (exact) mass is 471 g/mol. The average molecular weight is 471 g/mol. The summed E-state index contributed by atoms with van der Waals surface area (Å²) in [4.78, 5) is 6.91. The van der Waals surface area contributed by atoms with E-state index in [2.05, 4.69) is 27.3 Å². The van der Waals surface area contributed by atoms with Crippen molar-refractivity contribution >= 4 is 29.9 Å². The van der Waals surface area contributed by atoms with Crippen molar-refractivity contribution in [1.29, 1.82) is 0 Å². The number of nitrogens with zero attached hydrogens (tertiary/aromatic N) is 2. The van der Waals surface area contributed by atoms with Crippen molar-refractivity contribution in [2.75, 3.05) is 34.4 Å². The number of nitrogens with one attached hydrogen (secondary N) is 1. The van der Waals surface area contributed by atoms with Gasteiger partial charge < -0.3 is 19.7 Å². The highest BCUT2D eigenvalue weighted by molar-refractivity contribution is 14.0. The van der Waals surface area contributed by atoms with E-state index < -0.39 is 0 Å². The topological polar surface area (TPSA) is 46.1 Å². The Morgan fingerprint density at radius 2 is 1.85 bits per heavy atom. The minimum Gasteiger partial charge on any atom is -0.493 e. The molecule has 1 N–H and O–H groups in total. The molecule has 6 heteroatoms. The first-order valence-electron chi connectivity index (χ1n) is 9.38. The van der Waals surface area contributed by atoms with Gasteiger partial charge >= 0.3 is 0 Å². The predicted octanol–water partition coefficient (Wildman–Crippen LogP) is 3.45. The summed E-state index contributed by atoms with van der Waals surface area (Å²) in [5.41, 5.74) is 3.23. The fraction of sp³-hybridized carbons (Fsp3) is 0.650. The van der Waals surface area contributed by atoms with E-state index >= 15 is 0 Å². The third-order valence-corrected chi connectivity index (χ3v) is 6.16. The van der Waals surface area contributed by atoms with Crippen molar-refractivity contribution in [3.05, 3.63) is 23.3 Å². The van der Waals surface area contributed by atoms with Crippen molar-refractivity contribution in [3.63, 3.8) is 0 Å². The van der Waals surface area contributed by atoms with Crippen LogP contribution in [0.1, 0.15) is 36.8 Å². The Balaban J connectivity index is 0.00000196. The zero-order valence-electron chi connectivity index (χ0n) is 16.0. The van der Waals surface area contributed by atoms with Crippen LogP contribution >= 0.6 is 24.0 Å². The second-order valence-electron chi connectivity index (χ2n) is 7.68. The summed E-state index contributed by atoms with van der Waals surface area (Å²) in [5.74, 6) is 3.62. The quantitative estimate of drug-likeness (QED) is 0.406. The van der Waals surface area contributed by atoms with Crippen LogP contribution in [-0.4, -0.2) is 45.2 Å². The van der Waals surface area contributed by atoms with E-state index in [0.29, 0.717) is 5.41 Å². The van der Waals surface area contributed by atoms with Crippen LogP contribution in [0.25, 0.3) is 0 Å². The number of hydrogen-bond donors (Lipinski definition) is 1. The zero-order chi connectivity index (χ0) is 17.4. The van der Waals surface area contributed by atoms with Crippen molar-refractivity contribution in [1.82, 2.24) is 10.2 Å². The van der Waals surface area contributed by atoms with Gasteiger partial charge in [0.25, 0.3) is 0 Å². The Bertz CT molecular complexity index is 684. The van der Waals surface area contributed by atoms with Gasteiger partial charge in [-0.25, -0.2) is 0 Å². The molecular formula is C20H30IN3O2. The molecule has 0 bridgehead atoms. The summed E-state index contributed by atoms with van der Waals surface area (Å²) in [5, 5.41) is 3.67. The molecule has 4 rings (SSSR count). The summed E-state index contributed by atoms with van der Waals surface area (Å²) in [6.07, 6.45) is 6.64. The third kappa shape index (κ3) is 3.75. The number of rotatable bonds is 5. The summed E-state index contributed by atoms with van der Waals surface area (Å²) >= 11 is 0. The lowest BCUT2D eigenvalue weighted by Gasteiger charge is -2.33. The molecule has 0 radical (unpaired) electrons. The number of fused-ring (bicyclic) bond motifs is 1. The van der Waals surface area contributed by atoms with Crippen molar-refractivity contribution in [2.45, 2.75) is 38.6 Å². The molecule has 1 aromatic rings. The number of aliphatic imine (C=N–C) groups is 1. The first kappa shape index (κ1) is 19.6. The van der Waals surface area contributed by atoms with Crippen LogP contribution in [0.15, 0.2) is 17.1 Å². The maximum atomic E-state index is 5.47. The largest absolute Gasteiger partial charge is 0.493 e. The number of ether oxygens (including phenoxy) is 2. The van der Waals surface area contributed by atoms with Crippen molar-refractivity contribution in [2.24, 2.45) is 16.3 Å². The van der Waals surface area contributed by atoms with Gasteiger partial charge in [-0.2, -0.15) is 0 Å². The molecule has 0 amide bonds. The average Bonchev–Trinajstić information content (AvgIpc) is 3.54. The number of guanidine groups is 1. The molecule has 2 aliphatic carbocycles. The van der Waals surface area contributed by atoms with Gasteiger partial charge in [0.15, 0.2) is 17.5 Å². The maximum absolute atomic E-state index is 5.47. The van der Waals surface area contributed by atoms with Crippen LogP contribution in [-0.2, 0) is 13.0 Å². The van der Waals surface area contributed by atoms with Crippen molar-refractivity contribution < 1.29 is 9.47 Å². The Kier molecular flexibility index (Phi) is 5.89. The highest BCUT2D eigenvalue weighted by Crippen LogP contribution is 2.60. The Morgan fingerprint density at radius 1 is 1.19 bits per heavy atom. The predicted molar refractivity (Wildman–Crippen MR) is 115 cm³/mol. The smallest absolute Gasteiger partial charge is 0.193 e. The van der Waals surface area contributed by atoms with Gasteiger partial charge in [-0.1, -0.05) is 0 Å². The van der Waals surface area contributed by atoms with Crippen LogP contribution in [0.2, 0.25) is 0 Å². The number of methoxy groups -OCH3 is 2. The van der Waals surface area contributed by atoms with Crippen molar-refractivity contribution in [3.8, 4) is 11.5 Å². The SMILES string of the molecule is CN=C(NCC1(C2CC2)CC1)N1CCc2cc(OC)c(OC)cc2C1.I. The van der Waals surface area contributed by atoms with E-state index in [1.807, 2.05) is 7.05 Å². The fourth-order valence-electron chi connectivity index (χ4n) is 4.24. The normalized spacial score (nSPS) is 20.7. The third-order valence-electron chi connectivity index (χ3n) is 6.16. The first-order valence-corrected chi connectivity index (χ1v) is 9.38. The molecule has 1 heterocycles. The summed E-state index contributed by atoms with van der Waals surface area (Å²) < 4.78 is 10.9. The Labute approximate surface area is 173 Å². The minimum atomic E-state index is 0. The van der Waals surface area contributed by atoms with Gasteiger partial charge in [-0.15, -0.1) is 24.0 Å². The molecule has 3 aliphatic rings. The van der Waals surface area contributed by atoms with Crippen LogP contribution in [0.5, 0.6) is 11.5 Å². The lowest BCUT2D eigenvalue weighted by molar-refractivity contribution is 0.343. The molecule has 0 atom stereocenters. The van der Waals surface area contributed by atoms with E-state index in [9.17, 15) is 0 Å². The highest BCUT2D eigenvalue weighted by atomic mass is 127. The van der Waals surface area contributed by atoms with Gasteiger partial charge in [0.2, 0.25) is 0 Å². The lowest BCUT2D eigenvalue weighted by Crippen LogP contribution is -2.45. The molecule has 0 unspecified atom stereocenters. The van der Waals surface area contributed by atoms with E-state index in [1.165, 1.54) is 36.8 Å². The molecule has 2 fully saturated rings. The molecule has 26 heavy (non-hydrogen) atoms. The molecule has 0 spiro atoms. The molecule has 0 saturated heterocycles. The summed E-state index contributed by atoms with van der Waals surface area (Å²) in [7, 11) is 5.28. The zero-order valence-corrected chi connectivity index (χ0v) is 18.3. The maximum Gasteiger partial charge on any atom is 0.193 e. The van der Waals surface area contributed by atoms with Gasteiger partial charge in [-0.3, -0.25) is 4.99 Å². The van der Waals surface area contributed by atoms with E-state index in [-0.39, 0.29) is 24.0 Å². The molecule has 5 nitrogen and oxygen atoms in total. The Hall–Kier alpha value is -1.18. The number of halogens is 1. The summed E-state index contributed by atoms with van der Waals surface area (Å²) in [6, 6.07) is 4.23. The van der Waals surface area contributed by atoms with E-state index in [0.717, 1.165) is 49.4 Å². The fourth-order valence-corrected chi connectivity index (χ4v) is 4.24. The second-order valence-corrected chi connectivity index (χ2v) is 7.68. The van der Waals surface area contributed by atoms with Crippen LogP contribution < -0.4 is 14.8 Å². The van der Waals surface area contributed by atoms with E-state index in [4.69, 9.17) is 9.47 Å². The van der Waals surface area contributed by atoms with Gasteiger partial charge in [-0.05, 0) is 66.7 Å². The molecule has 144 valence electrons. The lowest BCUT2D eigenvalue weighted by atomic mass is 9.98. The van der Waals surface area contributed by atoms with E-state index in [1.54, 1.807) is 14.2 Å². The number of hydrogen-bond acceptors (Lipinski definition) is 3. The molecule has 1 aliphatic heterocycles. The second kappa shape index (κ2) is 7.82. The minimum absolute atomic E-state index is 0.